The molecule has 1 fully saturated rings. The molecule has 1 unspecified atom stereocenters. The summed E-state index contributed by atoms with van der Waals surface area (Å²) in [6.45, 7) is 4.28. The zero-order valence-electron chi connectivity index (χ0n) is 11.2. The fraction of sp³-hybridized carbons (Fsp3) is 0.571. The first-order valence-corrected chi connectivity index (χ1v) is 6.90. The van der Waals surface area contributed by atoms with Gasteiger partial charge in [-0.1, -0.05) is 38.3 Å². The topological polar surface area (TPSA) is 42.0 Å². The highest BCUT2D eigenvalue weighted by atomic mass is 35.5. The van der Waals surface area contributed by atoms with E-state index in [1.807, 2.05) is 0 Å². The monoisotopic (exact) mass is 284 g/mol. The molecular formula is C14H18ClFN2O. The minimum absolute atomic E-state index is 0.0347. The average molecular weight is 285 g/mol. The number of hydrogen-bond donors (Lipinski definition) is 1. The summed E-state index contributed by atoms with van der Waals surface area (Å²) >= 11 is 5.84. The molecule has 1 aromatic rings. The SMILES string of the molecule is CC1(C)CCCCC1NC(=O)c1cc(F)cnc1Cl. The summed E-state index contributed by atoms with van der Waals surface area (Å²) in [7, 11) is 0. The molecule has 1 atom stereocenters. The van der Waals surface area contributed by atoms with Crippen molar-refractivity contribution in [3.63, 3.8) is 0 Å². The van der Waals surface area contributed by atoms with E-state index in [0.717, 1.165) is 31.5 Å². The number of nitrogens with zero attached hydrogens (tertiary/aromatic N) is 1. The van der Waals surface area contributed by atoms with Crippen LogP contribution in [0.2, 0.25) is 5.15 Å². The zero-order valence-corrected chi connectivity index (χ0v) is 11.9. The van der Waals surface area contributed by atoms with E-state index in [-0.39, 0.29) is 28.1 Å². The summed E-state index contributed by atoms with van der Waals surface area (Å²) in [5.74, 6) is -0.908. The average Bonchev–Trinajstić information content (AvgIpc) is 2.34. The molecule has 1 N–H and O–H groups in total. The van der Waals surface area contributed by atoms with E-state index in [0.29, 0.717) is 0 Å². The summed E-state index contributed by atoms with van der Waals surface area (Å²) in [6, 6.07) is 1.22. The Kier molecular flexibility index (Phi) is 4.09. The van der Waals surface area contributed by atoms with Crippen LogP contribution in [0.25, 0.3) is 0 Å². The molecule has 0 aromatic carbocycles. The Bertz CT molecular complexity index is 490. The third-order valence-electron chi connectivity index (χ3n) is 3.86. The summed E-state index contributed by atoms with van der Waals surface area (Å²) in [5, 5.41) is 3.00. The highest BCUT2D eigenvalue weighted by molar-refractivity contribution is 6.32. The smallest absolute Gasteiger partial charge is 0.254 e. The molecule has 104 valence electrons. The molecule has 1 heterocycles. The molecule has 0 bridgehead atoms. The lowest BCUT2D eigenvalue weighted by atomic mass is 9.73. The van der Waals surface area contributed by atoms with Crippen molar-refractivity contribution in [3.05, 3.63) is 28.8 Å². The predicted molar refractivity (Wildman–Crippen MR) is 72.7 cm³/mol. The van der Waals surface area contributed by atoms with E-state index in [1.54, 1.807) is 0 Å². The molecule has 1 aromatic heterocycles. The van der Waals surface area contributed by atoms with Gasteiger partial charge in [0, 0.05) is 6.04 Å². The number of nitrogens with one attached hydrogen (secondary N) is 1. The molecule has 0 aliphatic heterocycles. The second-order valence-electron chi connectivity index (χ2n) is 5.75. The zero-order chi connectivity index (χ0) is 14.0. The van der Waals surface area contributed by atoms with Gasteiger partial charge in [0.1, 0.15) is 11.0 Å². The van der Waals surface area contributed by atoms with Crippen LogP contribution < -0.4 is 5.32 Å². The first-order valence-electron chi connectivity index (χ1n) is 6.52. The third-order valence-corrected chi connectivity index (χ3v) is 4.16. The van der Waals surface area contributed by atoms with E-state index in [1.165, 1.54) is 6.42 Å². The van der Waals surface area contributed by atoms with E-state index in [9.17, 15) is 9.18 Å². The van der Waals surface area contributed by atoms with Gasteiger partial charge in [0.15, 0.2) is 0 Å². The van der Waals surface area contributed by atoms with Gasteiger partial charge in [-0.15, -0.1) is 0 Å². The Balaban J connectivity index is 2.14. The number of carbonyl (C=O) groups is 1. The minimum Gasteiger partial charge on any atom is -0.349 e. The maximum absolute atomic E-state index is 13.1. The Morgan fingerprint density at radius 1 is 1.53 bits per heavy atom. The summed E-state index contributed by atoms with van der Waals surface area (Å²) < 4.78 is 13.1. The Morgan fingerprint density at radius 3 is 2.95 bits per heavy atom. The summed E-state index contributed by atoms with van der Waals surface area (Å²) in [6.07, 6.45) is 5.31. The molecule has 1 amide bonds. The van der Waals surface area contributed by atoms with Crippen molar-refractivity contribution >= 4 is 17.5 Å². The van der Waals surface area contributed by atoms with E-state index in [2.05, 4.69) is 24.1 Å². The summed E-state index contributed by atoms with van der Waals surface area (Å²) in [5.41, 5.74) is 0.157. The quantitative estimate of drug-likeness (QED) is 0.844. The molecule has 0 spiro atoms. The lowest BCUT2D eigenvalue weighted by Crippen LogP contribution is -2.46. The maximum atomic E-state index is 13.1. The number of carbonyl (C=O) groups excluding carboxylic acids is 1. The van der Waals surface area contributed by atoms with Gasteiger partial charge < -0.3 is 5.32 Å². The van der Waals surface area contributed by atoms with Crippen LogP contribution in [0, 0.1) is 11.2 Å². The molecule has 5 heteroatoms. The molecule has 2 rings (SSSR count). The highest BCUT2D eigenvalue weighted by Gasteiger charge is 2.33. The van der Waals surface area contributed by atoms with Crippen molar-refractivity contribution in [1.82, 2.24) is 10.3 Å². The normalized spacial score (nSPS) is 22.0. The van der Waals surface area contributed by atoms with Crippen LogP contribution in [0.3, 0.4) is 0 Å². The van der Waals surface area contributed by atoms with Crippen LogP contribution >= 0.6 is 11.6 Å². The van der Waals surface area contributed by atoms with Gasteiger partial charge in [-0.25, -0.2) is 9.37 Å². The first-order chi connectivity index (χ1) is 8.90. The number of halogens is 2. The van der Waals surface area contributed by atoms with Gasteiger partial charge in [0.25, 0.3) is 5.91 Å². The van der Waals surface area contributed by atoms with Gasteiger partial charge in [0.05, 0.1) is 11.8 Å². The van der Waals surface area contributed by atoms with Gasteiger partial charge in [-0.3, -0.25) is 4.79 Å². The molecule has 3 nitrogen and oxygen atoms in total. The first kappa shape index (κ1) is 14.3. The maximum Gasteiger partial charge on any atom is 0.254 e. The van der Waals surface area contributed by atoms with Crippen molar-refractivity contribution in [2.75, 3.05) is 0 Å². The van der Waals surface area contributed by atoms with Crippen LogP contribution in [-0.4, -0.2) is 16.9 Å². The second kappa shape index (κ2) is 5.45. The van der Waals surface area contributed by atoms with Crippen molar-refractivity contribution in [2.45, 2.75) is 45.6 Å². The van der Waals surface area contributed by atoms with Crippen LogP contribution in [0.4, 0.5) is 4.39 Å². The van der Waals surface area contributed by atoms with Crippen molar-refractivity contribution in [3.8, 4) is 0 Å². The molecule has 1 aliphatic carbocycles. The largest absolute Gasteiger partial charge is 0.349 e. The van der Waals surface area contributed by atoms with Crippen molar-refractivity contribution in [1.29, 1.82) is 0 Å². The molecule has 19 heavy (non-hydrogen) atoms. The molecule has 0 saturated heterocycles. The number of rotatable bonds is 2. The van der Waals surface area contributed by atoms with Crippen LogP contribution in [0.1, 0.15) is 49.9 Å². The lowest BCUT2D eigenvalue weighted by Gasteiger charge is -2.39. The molecule has 0 radical (unpaired) electrons. The fourth-order valence-corrected chi connectivity index (χ4v) is 2.77. The number of hydrogen-bond acceptors (Lipinski definition) is 2. The standard InChI is InChI=1S/C14H18ClFN2O/c1-14(2)6-4-3-5-11(14)18-13(19)10-7-9(16)8-17-12(10)15/h7-8,11H,3-6H2,1-2H3,(H,18,19). The number of aromatic nitrogens is 1. The van der Waals surface area contributed by atoms with E-state index >= 15 is 0 Å². The summed E-state index contributed by atoms with van der Waals surface area (Å²) in [4.78, 5) is 15.8. The van der Waals surface area contributed by atoms with E-state index < -0.39 is 5.82 Å². The minimum atomic E-state index is -0.558. The van der Waals surface area contributed by atoms with Gasteiger partial charge in [-0.05, 0) is 24.3 Å². The number of pyridine rings is 1. The lowest BCUT2D eigenvalue weighted by molar-refractivity contribution is 0.0853. The third kappa shape index (κ3) is 3.24. The predicted octanol–water partition coefficient (Wildman–Crippen LogP) is 3.57. The van der Waals surface area contributed by atoms with Crippen LogP contribution in [0.15, 0.2) is 12.3 Å². The molecule has 1 saturated carbocycles. The van der Waals surface area contributed by atoms with Gasteiger partial charge in [0.2, 0.25) is 0 Å². The highest BCUT2D eigenvalue weighted by Crippen LogP contribution is 2.35. The Hall–Kier alpha value is -1.16. The molecule has 1 aliphatic rings. The Labute approximate surface area is 117 Å². The second-order valence-corrected chi connectivity index (χ2v) is 6.11. The fourth-order valence-electron chi connectivity index (χ4n) is 2.58. The van der Waals surface area contributed by atoms with Crippen LogP contribution in [0.5, 0.6) is 0 Å². The Morgan fingerprint density at radius 2 is 2.26 bits per heavy atom. The van der Waals surface area contributed by atoms with Gasteiger partial charge in [-0.2, -0.15) is 0 Å². The van der Waals surface area contributed by atoms with Crippen molar-refractivity contribution < 1.29 is 9.18 Å². The van der Waals surface area contributed by atoms with Gasteiger partial charge >= 0.3 is 0 Å². The van der Waals surface area contributed by atoms with Crippen molar-refractivity contribution in [2.24, 2.45) is 5.41 Å². The molecular weight excluding hydrogens is 267 g/mol. The van der Waals surface area contributed by atoms with E-state index in [4.69, 9.17) is 11.6 Å². The van der Waals surface area contributed by atoms with Crippen LogP contribution in [-0.2, 0) is 0 Å². The number of amides is 1.